The van der Waals surface area contributed by atoms with Gasteiger partial charge in [0.15, 0.2) is 0 Å². The van der Waals surface area contributed by atoms with Crippen molar-refractivity contribution in [1.82, 2.24) is 4.98 Å². The second-order valence-corrected chi connectivity index (χ2v) is 4.61. The van der Waals surface area contributed by atoms with Crippen LogP contribution < -0.4 is 4.74 Å². The van der Waals surface area contributed by atoms with Crippen LogP contribution in [0, 0.1) is 6.92 Å². The molecular formula is C16H17NO3. The Morgan fingerprint density at radius 1 is 1.25 bits per heavy atom. The molecule has 1 aromatic carbocycles. The molecule has 0 saturated heterocycles. The van der Waals surface area contributed by atoms with Crippen LogP contribution in [-0.4, -0.2) is 22.7 Å². The summed E-state index contributed by atoms with van der Waals surface area (Å²) >= 11 is 0. The van der Waals surface area contributed by atoms with Crippen molar-refractivity contribution >= 4 is 5.97 Å². The van der Waals surface area contributed by atoms with Crippen molar-refractivity contribution in [3.05, 3.63) is 59.4 Å². The standard InChI is InChI=1S/C16H17NO3/c1-12-4-5-15(14(11-12)16(18)19)20-10-2-3-13-6-8-17-9-7-13/h4-9,11H,2-3,10H2,1H3,(H,18,19). The molecule has 1 aromatic heterocycles. The Labute approximate surface area is 118 Å². The molecule has 0 radical (unpaired) electrons. The van der Waals surface area contributed by atoms with Gasteiger partial charge in [0.05, 0.1) is 6.61 Å². The maximum Gasteiger partial charge on any atom is 0.339 e. The van der Waals surface area contributed by atoms with E-state index in [0.717, 1.165) is 18.4 Å². The van der Waals surface area contributed by atoms with Crippen LogP contribution in [0.2, 0.25) is 0 Å². The number of benzene rings is 1. The monoisotopic (exact) mass is 271 g/mol. The summed E-state index contributed by atoms with van der Waals surface area (Å²) in [7, 11) is 0. The summed E-state index contributed by atoms with van der Waals surface area (Å²) in [5.41, 5.74) is 2.33. The van der Waals surface area contributed by atoms with Gasteiger partial charge in [-0.3, -0.25) is 4.98 Å². The summed E-state index contributed by atoms with van der Waals surface area (Å²) < 4.78 is 5.58. The van der Waals surface area contributed by atoms with Crippen LogP contribution in [0.5, 0.6) is 5.75 Å². The molecule has 0 bridgehead atoms. The number of hydrogen-bond acceptors (Lipinski definition) is 3. The van der Waals surface area contributed by atoms with Gasteiger partial charge in [-0.2, -0.15) is 0 Å². The average molecular weight is 271 g/mol. The normalized spacial score (nSPS) is 10.2. The molecule has 1 heterocycles. The number of pyridine rings is 1. The second kappa shape index (κ2) is 6.70. The van der Waals surface area contributed by atoms with Gasteiger partial charge in [-0.15, -0.1) is 0 Å². The Morgan fingerprint density at radius 2 is 2.00 bits per heavy atom. The highest BCUT2D eigenvalue weighted by atomic mass is 16.5. The van der Waals surface area contributed by atoms with E-state index in [4.69, 9.17) is 9.84 Å². The lowest BCUT2D eigenvalue weighted by Crippen LogP contribution is -2.05. The third-order valence-corrected chi connectivity index (χ3v) is 2.98. The smallest absolute Gasteiger partial charge is 0.339 e. The minimum atomic E-state index is -0.960. The lowest BCUT2D eigenvalue weighted by atomic mass is 10.1. The molecule has 2 rings (SSSR count). The fraction of sp³-hybridized carbons (Fsp3) is 0.250. The Bertz CT molecular complexity index is 582. The summed E-state index contributed by atoms with van der Waals surface area (Å²) in [5.74, 6) is -0.532. The van der Waals surface area contributed by atoms with Crippen molar-refractivity contribution in [3.8, 4) is 5.75 Å². The van der Waals surface area contributed by atoms with E-state index < -0.39 is 5.97 Å². The lowest BCUT2D eigenvalue weighted by Gasteiger charge is -2.09. The molecule has 0 fully saturated rings. The number of hydrogen-bond donors (Lipinski definition) is 1. The van der Waals surface area contributed by atoms with Crippen LogP contribution in [0.4, 0.5) is 0 Å². The molecule has 0 unspecified atom stereocenters. The third-order valence-electron chi connectivity index (χ3n) is 2.98. The number of carboxylic acids is 1. The van der Waals surface area contributed by atoms with Crippen molar-refractivity contribution in [2.45, 2.75) is 19.8 Å². The van der Waals surface area contributed by atoms with Crippen LogP contribution in [0.3, 0.4) is 0 Å². The Hall–Kier alpha value is -2.36. The molecule has 0 spiro atoms. The Morgan fingerprint density at radius 3 is 2.70 bits per heavy atom. The van der Waals surface area contributed by atoms with E-state index >= 15 is 0 Å². The first-order valence-corrected chi connectivity index (χ1v) is 6.52. The summed E-state index contributed by atoms with van der Waals surface area (Å²) in [6, 6.07) is 9.12. The van der Waals surface area contributed by atoms with Crippen molar-refractivity contribution < 1.29 is 14.6 Å². The predicted molar refractivity (Wildman–Crippen MR) is 76.2 cm³/mol. The highest BCUT2D eigenvalue weighted by Crippen LogP contribution is 2.20. The summed E-state index contributed by atoms with van der Waals surface area (Å²) in [5, 5.41) is 9.14. The van der Waals surface area contributed by atoms with Gasteiger partial charge in [0, 0.05) is 12.4 Å². The van der Waals surface area contributed by atoms with Crippen LogP contribution in [0.15, 0.2) is 42.7 Å². The maximum atomic E-state index is 11.1. The number of rotatable bonds is 6. The fourth-order valence-electron chi connectivity index (χ4n) is 1.94. The first kappa shape index (κ1) is 14.1. The van der Waals surface area contributed by atoms with Crippen molar-refractivity contribution in [2.24, 2.45) is 0 Å². The van der Waals surface area contributed by atoms with E-state index in [1.807, 2.05) is 25.1 Å². The van der Waals surface area contributed by atoms with Crippen LogP contribution in [-0.2, 0) is 6.42 Å². The number of aromatic carboxylic acids is 1. The van der Waals surface area contributed by atoms with Crippen LogP contribution >= 0.6 is 0 Å². The fourth-order valence-corrected chi connectivity index (χ4v) is 1.94. The molecule has 20 heavy (non-hydrogen) atoms. The summed E-state index contributed by atoms with van der Waals surface area (Å²) in [4.78, 5) is 15.1. The molecule has 0 saturated carbocycles. The largest absolute Gasteiger partial charge is 0.493 e. The molecule has 104 valence electrons. The van der Waals surface area contributed by atoms with E-state index in [1.54, 1.807) is 24.5 Å². The number of carbonyl (C=O) groups is 1. The molecule has 4 heteroatoms. The number of aromatic nitrogens is 1. The highest BCUT2D eigenvalue weighted by Gasteiger charge is 2.11. The van der Waals surface area contributed by atoms with E-state index in [0.29, 0.717) is 12.4 Å². The van der Waals surface area contributed by atoms with Gasteiger partial charge >= 0.3 is 5.97 Å². The second-order valence-electron chi connectivity index (χ2n) is 4.61. The topological polar surface area (TPSA) is 59.4 Å². The molecule has 0 atom stereocenters. The molecule has 0 amide bonds. The first-order valence-electron chi connectivity index (χ1n) is 6.52. The minimum Gasteiger partial charge on any atom is -0.493 e. The van der Waals surface area contributed by atoms with Crippen LogP contribution in [0.25, 0.3) is 0 Å². The summed E-state index contributed by atoms with van der Waals surface area (Å²) in [6.07, 6.45) is 5.24. The van der Waals surface area contributed by atoms with E-state index in [9.17, 15) is 4.79 Å². The van der Waals surface area contributed by atoms with Gasteiger partial charge in [0.2, 0.25) is 0 Å². The van der Waals surface area contributed by atoms with Gasteiger partial charge in [0.1, 0.15) is 11.3 Å². The zero-order chi connectivity index (χ0) is 14.4. The maximum absolute atomic E-state index is 11.1. The molecule has 0 aliphatic carbocycles. The Kier molecular flexibility index (Phi) is 4.71. The summed E-state index contributed by atoms with van der Waals surface area (Å²) in [6.45, 7) is 2.35. The molecule has 1 N–H and O–H groups in total. The van der Waals surface area contributed by atoms with Crippen molar-refractivity contribution in [2.75, 3.05) is 6.61 Å². The van der Waals surface area contributed by atoms with E-state index in [2.05, 4.69) is 4.98 Å². The molecule has 0 aliphatic rings. The average Bonchev–Trinajstić information content (AvgIpc) is 2.45. The molecule has 2 aromatic rings. The molecule has 4 nitrogen and oxygen atoms in total. The lowest BCUT2D eigenvalue weighted by molar-refractivity contribution is 0.0692. The van der Waals surface area contributed by atoms with Crippen molar-refractivity contribution in [3.63, 3.8) is 0 Å². The van der Waals surface area contributed by atoms with Gasteiger partial charge in [-0.05, 0) is 49.6 Å². The first-order chi connectivity index (χ1) is 9.66. The zero-order valence-electron chi connectivity index (χ0n) is 11.4. The quantitative estimate of drug-likeness (QED) is 0.820. The van der Waals surface area contributed by atoms with Gasteiger partial charge < -0.3 is 9.84 Å². The van der Waals surface area contributed by atoms with E-state index in [-0.39, 0.29) is 5.56 Å². The minimum absolute atomic E-state index is 0.217. The number of ether oxygens (including phenoxy) is 1. The SMILES string of the molecule is Cc1ccc(OCCCc2ccncc2)c(C(=O)O)c1. The molecular weight excluding hydrogens is 254 g/mol. The molecule has 0 aliphatic heterocycles. The number of nitrogens with zero attached hydrogens (tertiary/aromatic N) is 1. The zero-order valence-corrected chi connectivity index (χ0v) is 11.4. The van der Waals surface area contributed by atoms with Gasteiger partial charge in [0.25, 0.3) is 0 Å². The predicted octanol–water partition coefficient (Wildman–Crippen LogP) is 3.10. The number of carboxylic acid groups (broad SMARTS) is 1. The van der Waals surface area contributed by atoms with Crippen molar-refractivity contribution in [1.29, 1.82) is 0 Å². The number of aryl methyl sites for hydroxylation is 2. The van der Waals surface area contributed by atoms with Gasteiger partial charge in [-0.1, -0.05) is 11.6 Å². The third kappa shape index (κ3) is 3.82. The van der Waals surface area contributed by atoms with E-state index in [1.165, 1.54) is 5.56 Å². The van der Waals surface area contributed by atoms with Crippen LogP contribution in [0.1, 0.15) is 27.9 Å². The van der Waals surface area contributed by atoms with Gasteiger partial charge in [-0.25, -0.2) is 4.79 Å². The Balaban J connectivity index is 1.90. The highest BCUT2D eigenvalue weighted by molar-refractivity contribution is 5.91.